The van der Waals surface area contributed by atoms with E-state index in [0.717, 1.165) is 5.56 Å². The van der Waals surface area contributed by atoms with Crippen LogP contribution in [0.25, 0.3) is 0 Å². The van der Waals surface area contributed by atoms with E-state index >= 15 is 0 Å². The Hall–Kier alpha value is -1.42. The van der Waals surface area contributed by atoms with E-state index in [1.54, 1.807) is 12.1 Å². The third kappa shape index (κ3) is 2.52. The summed E-state index contributed by atoms with van der Waals surface area (Å²) in [6.45, 7) is 0.494. The van der Waals surface area contributed by atoms with Gasteiger partial charge in [0.05, 0.1) is 5.56 Å². The van der Waals surface area contributed by atoms with Crippen LogP contribution in [0.3, 0.4) is 0 Å². The summed E-state index contributed by atoms with van der Waals surface area (Å²) >= 11 is 0. The van der Waals surface area contributed by atoms with E-state index in [9.17, 15) is 9.32 Å². The van der Waals surface area contributed by atoms with Crippen LogP contribution in [0.2, 0.25) is 0 Å². The zero-order valence-electron chi connectivity index (χ0n) is 7.00. The standard InChI is InChI=1S/C9H10FNO2/c10-13-9(12)8-3-1-2-7(6-8)4-5-11/h1-3,6H,4-5,11H2. The van der Waals surface area contributed by atoms with Crippen molar-refractivity contribution in [3.8, 4) is 0 Å². The van der Waals surface area contributed by atoms with Crippen molar-refractivity contribution in [2.75, 3.05) is 6.54 Å². The van der Waals surface area contributed by atoms with Crippen LogP contribution in [0.15, 0.2) is 24.3 Å². The second-order valence-corrected chi connectivity index (χ2v) is 2.60. The minimum atomic E-state index is -0.973. The average Bonchev–Trinajstić information content (AvgIpc) is 2.18. The highest BCUT2D eigenvalue weighted by molar-refractivity contribution is 5.89. The number of halogens is 1. The fourth-order valence-corrected chi connectivity index (χ4v) is 1.07. The summed E-state index contributed by atoms with van der Waals surface area (Å²) in [4.78, 5) is 13.8. The SMILES string of the molecule is NCCc1cccc(C(=O)OF)c1. The molecule has 3 nitrogen and oxygen atoms in total. The van der Waals surface area contributed by atoms with Gasteiger partial charge < -0.3 is 5.73 Å². The molecule has 1 rings (SSSR count). The van der Waals surface area contributed by atoms with E-state index in [0.29, 0.717) is 13.0 Å². The maximum atomic E-state index is 11.5. The van der Waals surface area contributed by atoms with Crippen molar-refractivity contribution >= 4 is 5.97 Å². The zero-order chi connectivity index (χ0) is 9.68. The smallest absolute Gasteiger partial charge is 0.330 e. The quantitative estimate of drug-likeness (QED) is 0.766. The Balaban J connectivity index is 2.85. The van der Waals surface area contributed by atoms with Gasteiger partial charge in [-0.2, -0.15) is 0 Å². The molecule has 13 heavy (non-hydrogen) atoms. The van der Waals surface area contributed by atoms with Crippen LogP contribution >= 0.6 is 0 Å². The molecule has 0 bridgehead atoms. The lowest BCUT2D eigenvalue weighted by Gasteiger charge is -1.99. The van der Waals surface area contributed by atoms with E-state index in [1.165, 1.54) is 6.07 Å². The van der Waals surface area contributed by atoms with Crippen LogP contribution in [0.1, 0.15) is 15.9 Å². The van der Waals surface area contributed by atoms with Gasteiger partial charge in [-0.3, -0.25) is 0 Å². The highest BCUT2D eigenvalue weighted by Crippen LogP contribution is 2.07. The number of nitrogens with two attached hydrogens (primary N) is 1. The third-order valence-corrected chi connectivity index (χ3v) is 1.67. The van der Waals surface area contributed by atoms with Gasteiger partial charge >= 0.3 is 5.97 Å². The summed E-state index contributed by atoms with van der Waals surface area (Å²) in [5.41, 5.74) is 6.43. The second-order valence-electron chi connectivity index (χ2n) is 2.60. The van der Waals surface area contributed by atoms with E-state index in [1.807, 2.05) is 6.07 Å². The summed E-state index contributed by atoms with van der Waals surface area (Å²) in [6, 6.07) is 6.54. The van der Waals surface area contributed by atoms with Gasteiger partial charge in [-0.1, -0.05) is 12.1 Å². The Bertz CT molecular complexity index is 301. The minimum Gasteiger partial charge on any atom is -0.330 e. The molecule has 0 saturated carbocycles. The first-order valence-corrected chi connectivity index (χ1v) is 3.90. The molecule has 0 aromatic heterocycles. The van der Waals surface area contributed by atoms with E-state index in [-0.39, 0.29) is 5.56 Å². The first-order valence-electron chi connectivity index (χ1n) is 3.90. The Morgan fingerprint density at radius 2 is 2.31 bits per heavy atom. The molecular formula is C9H10FNO2. The van der Waals surface area contributed by atoms with Crippen molar-refractivity contribution in [3.63, 3.8) is 0 Å². The summed E-state index contributed by atoms with van der Waals surface area (Å²) < 4.78 is 11.5. The molecule has 0 spiro atoms. The fraction of sp³-hybridized carbons (Fsp3) is 0.222. The van der Waals surface area contributed by atoms with Crippen molar-refractivity contribution in [3.05, 3.63) is 35.4 Å². The first-order chi connectivity index (χ1) is 6.27. The van der Waals surface area contributed by atoms with Crippen molar-refractivity contribution in [2.45, 2.75) is 6.42 Å². The monoisotopic (exact) mass is 183 g/mol. The second kappa shape index (κ2) is 4.57. The third-order valence-electron chi connectivity index (χ3n) is 1.67. The molecule has 4 heteroatoms. The largest absolute Gasteiger partial charge is 0.379 e. The van der Waals surface area contributed by atoms with Crippen LogP contribution in [-0.4, -0.2) is 12.5 Å². The molecule has 2 N–H and O–H groups in total. The lowest BCUT2D eigenvalue weighted by molar-refractivity contribution is -0.0788. The Morgan fingerprint density at radius 3 is 2.92 bits per heavy atom. The number of carbonyl (C=O) groups excluding carboxylic acids is 1. The highest BCUT2D eigenvalue weighted by Gasteiger charge is 2.07. The minimum absolute atomic E-state index is 0.202. The first kappa shape index (κ1) is 9.67. The van der Waals surface area contributed by atoms with Gasteiger partial charge in [0.25, 0.3) is 0 Å². The molecule has 70 valence electrons. The molecule has 0 aliphatic heterocycles. The summed E-state index contributed by atoms with van der Waals surface area (Å²) in [7, 11) is 0. The van der Waals surface area contributed by atoms with Crippen molar-refractivity contribution in [1.29, 1.82) is 0 Å². The topological polar surface area (TPSA) is 52.3 Å². The molecule has 1 aromatic rings. The molecule has 0 amide bonds. The van der Waals surface area contributed by atoms with Gasteiger partial charge in [-0.25, -0.2) is 9.74 Å². The van der Waals surface area contributed by atoms with Crippen molar-refractivity contribution in [1.82, 2.24) is 0 Å². The van der Waals surface area contributed by atoms with Gasteiger partial charge in [-0.05, 0) is 30.7 Å². The lowest BCUT2D eigenvalue weighted by Crippen LogP contribution is -2.04. The molecule has 0 aliphatic carbocycles. The highest BCUT2D eigenvalue weighted by atomic mass is 19.3. The number of benzene rings is 1. The van der Waals surface area contributed by atoms with Crippen LogP contribution in [0.5, 0.6) is 0 Å². The predicted octanol–water partition coefficient (Wildman–Crippen LogP) is 1.23. The Kier molecular flexibility index (Phi) is 3.40. The number of hydrogen-bond acceptors (Lipinski definition) is 3. The lowest BCUT2D eigenvalue weighted by atomic mass is 10.1. The Morgan fingerprint density at radius 1 is 1.54 bits per heavy atom. The van der Waals surface area contributed by atoms with E-state index < -0.39 is 5.97 Å². The fourth-order valence-electron chi connectivity index (χ4n) is 1.07. The maximum absolute atomic E-state index is 11.5. The molecule has 1 aromatic carbocycles. The normalized spacial score (nSPS) is 9.69. The molecule has 0 atom stereocenters. The van der Waals surface area contributed by atoms with E-state index in [4.69, 9.17) is 5.73 Å². The van der Waals surface area contributed by atoms with Crippen LogP contribution in [0.4, 0.5) is 4.53 Å². The van der Waals surface area contributed by atoms with Crippen LogP contribution in [0, 0.1) is 0 Å². The van der Waals surface area contributed by atoms with Gasteiger partial charge in [0.2, 0.25) is 0 Å². The number of rotatable bonds is 3. The number of carbonyl (C=O) groups is 1. The van der Waals surface area contributed by atoms with Crippen LogP contribution in [-0.2, 0) is 11.4 Å². The van der Waals surface area contributed by atoms with Gasteiger partial charge in [0.1, 0.15) is 0 Å². The average molecular weight is 183 g/mol. The van der Waals surface area contributed by atoms with Crippen molar-refractivity contribution in [2.24, 2.45) is 5.73 Å². The molecular weight excluding hydrogens is 173 g/mol. The summed E-state index contributed by atoms with van der Waals surface area (Å²) in [6.07, 6.45) is 0.660. The Labute approximate surface area is 75.2 Å². The predicted molar refractivity (Wildman–Crippen MR) is 45.7 cm³/mol. The van der Waals surface area contributed by atoms with Crippen molar-refractivity contribution < 1.29 is 14.3 Å². The van der Waals surface area contributed by atoms with Crippen LogP contribution < -0.4 is 5.73 Å². The maximum Gasteiger partial charge on any atom is 0.379 e. The molecule has 0 aliphatic rings. The molecule has 0 heterocycles. The molecule has 0 saturated heterocycles. The number of hydrogen-bond donors (Lipinski definition) is 1. The van der Waals surface area contributed by atoms with Gasteiger partial charge in [0.15, 0.2) is 0 Å². The van der Waals surface area contributed by atoms with Gasteiger partial charge in [0, 0.05) is 4.53 Å². The zero-order valence-corrected chi connectivity index (χ0v) is 7.00. The summed E-state index contributed by atoms with van der Waals surface area (Å²) in [5, 5.41) is 0. The summed E-state index contributed by atoms with van der Waals surface area (Å²) in [5.74, 6) is -0.973. The van der Waals surface area contributed by atoms with Gasteiger partial charge in [-0.15, -0.1) is 0 Å². The molecule has 0 fully saturated rings. The van der Waals surface area contributed by atoms with E-state index in [2.05, 4.69) is 4.94 Å². The molecule has 0 unspecified atom stereocenters. The molecule has 0 radical (unpaired) electrons.